The van der Waals surface area contributed by atoms with Gasteiger partial charge in [-0.05, 0) is 0 Å². The van der Waals surface area contributed by atoms with Gasteiger partial charge in [0.15, 0.2) is 0 Å². The first kappa shape index (κ1) is 16.3. The zero-order chi connectivity index (χ0) is 14.0. The van der Waals surface area contributed by atoms with Crippen molar-refractivity contribution in [1.82, 2.24) is 0 Å². The van der Waals surface area contributed by atoms with E-state index >= 15 is 0 Å². The standard InChI is InChI=1S/C6H10O4.2C3H3N/c7-3-1-9-6-4(8)2-10-5(3)6;2*1-2-3-4/h3-8H,1-2H2;2*2H,1H2/t3-,4-,5-,6-;;/m1../s1. The minimum absolute atomic E-state index is 0.284. The summed E-state index contributed by atoms with van der Waals surface area (Å²) in [5.74, 6) is 0. The molecule has 2 heterocycles. The summed E-state index contributed by atoms with van der Waals surface area (Å²) in [5, 5.41) is 33.3. The van der Waals surface area contributed by atoms with Crippen LogP contribution in [0.4, 0.5) is 0 Å². The van der Waals surface area contributed by atoms with E-state index in [4.69, 9.17) is 30.2 Å². The van der Waals surface area contributed by atoms with Crippen LogP contribution in [0.3, 0.4) is 0 Å². The van der Waals surface area contributed by atoms with Crippen LogP contribution in [0.25, 0.3) is 0 Å². The number of aliphatic hydroxyl groups is 2. The quantitative estimate of drug-likeness (QED) is 0.583. The van der Waals surface area contributed by atoms with Crippen molar-refractivity contribution in [3.05, 3.63) is 25.3 Å². The molecule has 2 aliphatic rings. The molecule has 0 radical (unpaired) electrons. The smallest absolute Gasteiger partial charge is 0.114 e. The van der Waals surface area contributed by atoms with Crippen LogP contribution in [-0.4, -0.2) is 47.8 Å². The van der Waals surface area contributed by atoms with Crippen LogP contribution in [0.1, 0.15) is 0 Å². The Morgan fingerprint density at radius 1 is 0.944 bits per heavy atom. The molecular formula is C12H16N2O4. The number of nitriles is 2. The van der Waals surface area contributed by atoms with Crippen molar-refractivity contribution in [2.45, 2.75) is 24.4 Å². The molecule has 2 saturated heterocycles. The van der Waals surface area contributed by atoms with Crippen LogP contribution in [0.5, 0.6) is 0 Å². The van der Waals surface area contributed by atoms with Crippen LogP contribution >= 0.6 is 0 Å². The third-order valence-corrected chi connectivity index (χ3v) is 2.18. The first-order chi connectivity index (χ1) is 8.62. The van der Waals surface area contributed by atoms with E-state index in [1.807, 2.05) is 0 Å². The van der Waals surface area contributed by atoms with E-state index in [-0.39, 0.29) is 25.4 Å². The summed E-state index contributed by atoms with van der Waals surface area (Å²) < 4.78 is 10.2. The van der Waals surface area contributed by atoms with Crippen molar-refractivity contribution in [2.24, 2.45) is 0 Å². The number of fused-ring (bicyclic) bond motifs is 1. The van der Waals surface area contributed by atoms with Gasteiger partial charge in [0.25, 0.3) is 0 Å². The molecule has 2 aliphatic heterocycles. The maximum atomic E-state index is 9.16. The lowest BCUT2D eigenvalue weighted by Crippen LogP contribution is -2.30. The van der Waals surface area contributed by atoms with E-state index < -0.39 is 12.2 Å². The highest BCUT2D eigenvalue weighted by Crippen LogP contribution is 2.26. The van der Waals surface area contributed by atoms with Crippen molar-refractivity contribution in [2.75, 3.05) is 13.2 Å². The van der Waals surface area contributed by atoms with E-state index in [0.29, 0.717) is 0 Å². The molecular weight excluding hydrogens is 236 g/mol. The number of allylic oxidation sites excluding steroid dienone is 2. The molecule has 0 spiro atoms. The third-order valence-electron chi connectivity index (χ3n) is 2.18. The van der Waals surface area contributed by atoms with Gasteiger partial charge in [0.1, 0.15) is 24.4 Å². The van der Waals surface area contributed by atoms with Crippen LogP contribution in [0, 0.1) is 22.7 Å². The predicted octanol–water partition coefficient (Wildman–Crippen LogP) is -0.102. The maximum Gasteiger partial charge on any atom is 0.114 e. The summed E-state index contributed by atoms with van der Waals surface area (Å²) in [6.07, 6.45) is 0.661. The van der Waals surface area contributed by atoms with Crippen molar-refractivity contribution >= 4 is 0 Å². The Morgan fingerprint density at radius 3 is 1.44 bits per heavy atom. The topological polar surface area (TPSA) is 107 Å². The monoisotopic (exact) mass is 252 g/mol. The Kier molecular flexibility index (Phi) is 8.46. The number of aliphatic hydroxyl groups excluding tert-OH is 2. The molecule has 2 fully saturated rings. The minimum Gasteiger partial charge on any atom is -0.388 e. The van der Waals surface area contributed by atoms with Crippen LogP contribution in [0.2, 0.25) is 0 Å². The van der Waals surface area contributed by atoms with E-state index in [9.17, 15) is 0 Å². The Morgan fingerprint density at radius 2 is 1.22 bits per heavy atom. The molecule has 2 N–H and O–H groups in total. The number of hydrogen-bond acceptors (Lipinski definition) is 6. The predicted molar refractivity (Wildman–Crippen MR) is 63.1 cm³/mol. The summed E-state index contributed by atoms with van der Waals surface area (Å²) in [5.41, 5.74) is 0. The summed E-state index contributed by atoms with van der Waals surface area (Å²) in [4.78, 5) is 0. The van der Waals surface area contributed by atoms with Crippen molar-refractivity contribution in [3.8, 4) is 12.1 Å². The summed E-state index contributed by atoms with van der Waals surface area (Å²) in [7, 11) is 0. The van der Waals surface area contributed by atoms with Crippen LogP contribution in [-0.2, 0) is 9.47 Å². The third kappa shape index (κ3) is 5.09. The van der Waals surface area contributed by atoms with Gasteiger partial charge in [-0.2, -0.15) is 10.5 Å². The van der Waals surface area contributed by atoms with Crippen LogP contribution in [0.15, 0.2) is 25.3 Å². The highest BCUT2D eigenvalue weighted by molar-refractivity contribution is 4.94. The van der Waals surface area contributed by atoms with Gasteiger partial charge in [-0.15, -0.1) is 0 Å². The van der Waals surface area contributed by atoms with Gasteiger partial charge in [-0.25, -0.2) is 0 Å². The molecule has 0 saturated carbocycles. The molecule has 0 aromatic rings. The van der Waals surface area contributed by atoms with Gasteiger partial charge in [0.2, 0.25) is 0 Å². The minimum atomic E-state index is -0.554. The van der Waals surface area contributed by atoms with Gasteiger partial charge in [-0.3, -0.25) is 0 Å². The zero-order valence-corrected chi connectivity index (χ0v) is 9.90. The summed E-state index contributed by atoms with van der Waals surface area (Å²) >= 11 is 0. The van der Waals surface area contributed by atoms with E-state index in [2.05, 4.69) is 13.2 Å². The van der Waals surface area contributed by atoms with Gasteiger partial charge < -0.3 is 19.7 Å². The molecule has 0 aromatic heterocycles. The zero-order valence-electron chi connectivity index (χ0n) is 9.90. The molecule has 4 atom stereocenters. The van der Waals surface area contributed by atoms with Crippen molar-refractivity contribution < 1.29 is 19.7 Å². The molecule has 6 nitrogen and oxygen atoms in total. The fraction of sp³-hybridized carbons (Fsp3) is 0.500. The second-order valence-electron chi connectivity index (χ2n) is 3.40. The highest BCUT2D eigenvalue weighted by Gasteiger charge is 2.46. The molecule has 98 valence electrons. The Bertz CT molecular complexity index is 311. The average Bonchev–Trinajstić information content (AvgIpc) is 2.95. The van der Waals surface area contributed by atoms with E-state index in [1.165, 1.54) is 12.2 Å². The van der Waals surface area contributed by atoms with E-state index in [0.717, 1.165) is 0 Å². The number of ether oxygens (including phenoxy) is 2. The molecule has 0 aliphatic carbocycles. The average molecular weight is 252 g/mol. The lowest BCUT2D eigenvalue weighted by molar-refractivity contribution is 0.00205. The molecule has 0 unspecified atom stereocenters. The van der Waals surface area contributed by atoms with Crippen LogP contribution < -0.4 is 0 Å². The first-order valence-electron chi connectivity index (χ1n) is 5.22. The fourth-order valence-electron chi connectivity index (χ4n) is 1.46. The second kappa shape index (κ2) is 9.34. The normalized spacial score (nSPS) is 31.3. The van der Waals surface area contributed by atoms with Crippen molar-refractivity contribution in [3.63, 3.8) is 0 Å². The van der Waals surface area contributed by atoms with E-state index in [1.54, 1.807) is 12.1 Å². The summed E-state index contributed by atoms with van der Waals surface area (Å²) in [6.45, 7) is 6.80. The van der Waals surface area contributed by atoms with Gasteiger partial charge in [0.05, 0.1) is 25.4 Å². The molecule has 0 bridgehead atoms. The molecule has 0 amide bonds. The lowest BCUT2D eigenvalue weighted by atomic mass is 10.1. The number of rotatable bonds is 0. The van der Waals surface area contributed by atoms with Gasteiger partial charge in [0, 0.05) is 12.2 Å². The fourth-order valence-corrected chi connectivity index (χ4v) is 1.46. The lowest BCUT2D eigenvalue weighted by Gasteiger charge is -2.09. The first-order valence-corrected chi connectivity index (χ1v) is 5.22. The largest absolute Gasteiger partial charge is 0.388 e. The SMILES string of the molecule is C=CC#N.C=CC#N.O[C@@H]1CO[C@H]2[C@@H]1OC[C@H]2O. The van der Waals surface area contributed by atoms with Crippen molar-refractivity contribution in [1.29, 1.82) is 10.5 Å². The maximum absolute atomic E-state index is 9.16. The Labute approximate surface area is 106 Å². The highest BCUT2D eigenvalue weighted by atomic mass is 16.6. The Hall–Kier alpha value is -1.70. The summed E-state index contributed by atoms with van der Waals surface area (Å²) in [6, 6.07) is 3.39. The number of nitrogens with zero attached hydrogens (tertiary/aromatic N) is 2. The molecule has 0 aromatic carbocycles. The van der Waals surface area contributed by atoms with Gasteiger partial charge in [-0.1, -0.05) is 13.2 Å². The Balaban J connectivity index is 0.000000307. The molecule has 18 heavy (non-hydrogen) atoms. The number of hydrogen-bond donors (Lipinski definition) is 2. The molecule has 2 rings (SSSR count). The molecule has 6 heteroatoms. The van der Waals surface area contributed by atoms with Gasteiger partial charge >= 0.3 is 0 Å². The second-order valence-corrected chi connectivity index (χ2v) is 3.40.